The van der Waals surface area contributed by atoms with Crippen LogP contribution in [0, 0.1) is 5.92 Å². The van der Waals surface area contributed by atoms with E-state index in [0.29, 0.717) is 25.2 Å². The Kier molecular flexibility index (Phi) is 10.0. The van der Waals surface area contributed by atoms with E-state index >= 15 is 0 Å². The topological polar surface area (TPSA) is 63.2 Å². The maximum atomic E-state index is 11.4. The van der Waals surface area contributed by atoms with Crippen LogP contribution in [0.2, 0.25) is 0 Å². The Morgan fingerprint density at radius 1 is 0.895 bits per heavy atom. The molecule has 0 aromatic heterocycles. The molecule has 4 heteroatoms. The number of carbonyl (C=O) groups excluding carboxylic acids is 3. The molecule has 0 aliphatic carbocycles. The highest BCUT2D eigenvalue weighted by molar-refractivity contribution is 5.83. The third kappa shape index (κ3) is 11.6. The number of carbonyl (C=O) groups is 3. The van der Waals surface area contributed by atoms with E-state index in [1.165, 1.54) is 6.92 Å². The van der Waals surface area contributed by atoms with Crippen LogP contribution in [0.1, 0.15) is 65.7 Å². The monoisotopic (exact) mass is 269 g/mol. The molecular formula is C15H27NO3. The standard InChI is InChI=1S/C15H27NO3/c1-12(2)14(18)8-6-4-5-7-11-16-15(19)10-9-13(3)17/h12H,4-11H2,1-3H3,(H,16,19). The Labute approximate surface area is 116 Å². The lowest BCUT2D eigenvalue weighted by Crippen LogP contribution is -2.24. The fraction of sp³-hybridized carbons (Fsp3) is 0.800. The van der Waals surface area contributed by atoms with Gasteiger partial charge < -0.3 is 10.1 Å². The average molecular weight is 269 g/mol. The van der Waals surface area contributed by atoms with Gasteiger partial charge in [-0.1, -0.05) is 26.7 Å². The van der Waals surface area contributed by atoms with Crippen molar-refractivity contribution in [3.05, 3.63) is 0 Å². The molecule has 0 spiro atoms. The van der Waals surface area contributed by atoms with Crippen LogP contribution in [0.15, 0.2) is 0 Å². The second kappa shape index (κ2) is 10.7. The average Bonchev–Trinajstić information content (AvgIpc) is 2.34. The number of nitrogens with one attached hydrogen (secondary N) is 1. The van der Waals surface area contributed by atoms with Gasteiger partial charge in [-0.2, -0.15) is 0 Å². The van der Waals surface area contributed by atoms with E-state index in [4.69, 9.17) is 0 Å². The molecule has 0 atom stereocenters. The van der Waals surface area contributed by atoms with Crippen LogP contribution in [0.5, 0.6) is 0 Å². The quantitative estimate of drug-likeness (QED) is 0.586. The van der Waals surface area contributed by atoms with Gasteiger partial charge in [0.25, 0.3) is 0 Å². The molecule has 0 radical (unpaired) electrons. The van der Waals surface area contributed by atoms with Crippen molar-refractivity contribution < 1.29 is 14.4 Å². The zero-order valence-electron chi connectivity index (χ0n) is 12.5. The molecule has 19 heavy (non-hydrogen) atoms. The Hall–Kier alpha value is -1.19. The van der Waals surface area contributed by atoms with Crippen LogP contribution >= 0.6 is 0 Å². The Morgan fingerprint density at radius 2 is 1.53 bits per heavy atom. The van der Waals surface area contributed by atoms with Gasteiger partial charge in [-0.15, -0.1) is 0 Å². The molecule has 0 fully saturated rings. The molecule has 4 nitrogen and oxygen atoms in total. The van der Waals surface area contributed by atoms with Crippen LogP contribution in [0.25, 0.3) is 0 Å². The summed E-state index contributed by atoms with van der Waals surface area (Å²) in [6.45, 7) is 6.01. The fourth-order valence-corrected chi connectivity index (χ4v) is 1.67. The van der Waals surface area contributed by atoms with Gasteiger partial charge in [0.15, 0.2) is 0 Å². The van der Waals surface area contributed by atoms with E-state index in [0.717, 1.165) is 25.7 Å². The van der Waals surface area contributed by atoms with E-state index in [-0.39, 0.29) is 24.0 Å². The van der Waals surface area contributed by atoms with Gasteiger partial charge in [-0.05, 0) is 19.8 Å². The summed E-state index contributed by atoms with van der Waals surface area (Å²) in [6.07, 6.45) is 5.21. The summed E-state index contributed by atoms with van der Waals surface area (Å²) < 4.78 is 0. The molecule has 110 valence electrons. The van der Waals surface area contributed by atoms with Crippen LogP contribution < -0.4 is 5.32 Å². The van der Waals surface area contributed by atoms with Crippen LogP contribution in [-0.2, 0) is 14.4 Å². The molecule has 0 rings (SSSR count). The summed E-state index contributed by atoms with van der Waals surface area (Å²) in [5, 5.41) is 2.80. The first-order chi connectivity index (χ1) is 8.93. The van der Waals surface area contributed by atoms with E-state index in [1.54, 1.807) is 0 Å². The minimum atomic E-state index is -0.0508. The zero-order valence-corrected chi connectivity index (χ0v) is 12.5. The van der Waals surface area contributed by atoms with Gasteiger partial charge in [0.05, 0.1) is 0 Å². The number of hydrogen-bond acceptors (Lipinski definition) is 3. The fourth-order valence-electron chi connectivity index (χ4n) is 1.67. The number of ketones is 2. The van der Waals surface area contributed by atoms with Crippen LogP contribution in [0.4, 0.5) is 0 Å². The molecule has 0 aliphatic heterocycles. The normalized spacial score (nSPS) is 10.5. The van der Waals surface area contributed by atoms with Gasteiger partial charge >= 0.3 is 0 Å². The number of hydrogen-bond donors (Lipinski definition) is 1. The van der Waals surface area contributed by atoms with E-state index in [9.17, 15) is 14.4 Å². The van der Waals surface area contributed by atoms with Gasteiger partial charge in [-0.3, -0.25) is 9.59 Å². The van der Waals surface area contributed by atoms with Gasteiger partial charge in [0.1, 0.15) is 11.6 Å². The molecule has 0 unspecified atom stereocenters. The highest BCUT2D eigenvalue weighted by Gasteiger charge is 2.06. The highest BCUT2D eigenvalue weighted by Crippen LogP contribution is 2.07. The van der Waals surface area contributed by atoms with Crippen molar-refractivity contribution in [2.75, 3.05) is 6.54 Å². The lowest BCUT2D eigenvalue weighted by atomic mass is 10.0. The van der Waals surface area contributed by atoms with Crippen molar-refractivity contribution >= 4 is 17.5 Å². The smallest absolute Gasteiger partial charge is 0.220 e. The number of Topliss-reactive ketones (excluding diaryl/α,β-unsaturated/α-hetero) is 2. The first-order valence-electron chi connectivity index (χ1n) is 7.22. The molecule has 0 saturated heterocycles. The first kappa shape index (κ1) is 17.8. The maximum Gasteiger partial charge on any atom is 0.220 e. The number of amides is 1. The minimum Gasteiger partial charge on any atom is -0.356 e. The molecule has 1 N–H and O–H groups in total. The largest absolute Gasteiger partial charge is 0.356 e. The molecule has 0 aromatic carbocycles. The Morgan fingerprint density at radius 3 is 2.11 bits per heavy atom. The van der Waals surface area contributed by atoms with E-state index < -0.39 is 0 Å². The Balaban J connectivity index is 3.34. The molecule has 0 aromatic rings. The zero-order chi connectivity index (χ0) is 14.7. The van der Waals surface area contributed by atoms with Gasteiger partial charge in [0.2, 0.25) is 5.91 Å². The van der Waals surface area contributed by atoms with Crippen molar-refractivity contribution in [3.8, 4) is 0 Å². The van der Waals surface area contributed by atoms with E-state index in [1.807, 2.05) is 13.8 Å². The van der Waals surface area contributed by atoms with Crippen molar-refractivity contribution in [2.45, 2.75) is 65.7 Å². The van der Waals surface area contributed by atoms with Crippen LogP contribution in [0.3, 0.4) is 0 Å². The summed E-state index contributed by atoms with van der Waals surface area (Å²) in [7, 11) is 0. The second-order valence-corrected chi connectivity index (χ2v) is 5.34. The Bertz CT molecular complexity index is 298. The number of unbranched alkanes of at least 4 members (excludes halogenated alkanes) is 3. The molecule has 0 heterocycles. The van der Waals surface area contributed by atoms with Gasteiger partial charge in [-0.25, -0.2) is 0 Å². The van der Waals surface area contributed by atoms with E-state index in [2.05, 4.69) is 5.32 Å². The van der Waals surface area contributed by atoms with Crippen molar-refractivity contribution in [3.63, 3.8) is 0 Å². The highest BCUT2D eigenvalue weighted by atomic mass is 16.2. The lowest BCUT2D eigenvalue weighted by Gasteiger charge is -2.05. The SMILES string of the molecule is CC(=O)CCC(=O)NCCCCCCC(=O)C(C)C. The van der Waals surface area contributed by atoms with Crippen molar-refractivity contribution in [1.82, 2.24) is 5.32 Å². The summed E-state index contributed by atoms with van der Waals surface area (Å²) >= 11 is 0. The molecular weight excluding hydrogens is 242 g/mol. The summed E-state index contributed by atoms with van der Waals surface area (Å²) in [5.41, 5.74) is 0. The molecule has 0 saturated carbocycles. The molecule has 0 bridgehead atoms. The summed E-state index contributed by atoms with van der Waals surface area (Å²) in [4.78, 5) is 33.3. The maximum absolute atomic E-state index is 11.4. The predicted octanol–water partition coefficient (Wildman–Crippen LogP) is 2.65. The van der Waals surface area contributed by atoms with Crippen LogP contribution in [-0.4, -0.2) is 24.0 Å². The predicted molar refractivity (Wildman–Crippen MR) is 75.9 cm³/mol. The first-order valence-corrected chi connectivity index (χ1v) is 7.22. The third-order valence-corrected chi connectivity index (χ3v) is 3.02. The second-order valence-electron chi connectivity index (χ2n) is 5.34. The lowest BCUT2D eigenvalue weighted by molar-refractivity contribution is -0.124. The molecule has 1 amide bonds. The number of rotatable bonds is 11. The van der Waals surface area contributed by atoms with Gasteiger partial charge in [0, 0.05) is 31.7 Å². The minimum absolute atomic E-state index is 0.0463. The third-order valence-electron chi connectivity index (χ3n) is 3.02. The van der Waals surface area contributed by atoms with Crippen molar-refractivity contribution in [2.24, 2.45) is 5.92 Å². The summed E-state index contributed by atoms with van der Waals surface area (Å²) in [5.74, 6) is 0.466. The summed E-state index contributed by atoms with van der Waals surface area (Å²) in [6, 6.07) is 0. The molecule has 0 aliphatic rings. The van der Waals surface area contributed by atoms with Crippen molar-refractivity contribution in [1.29, 1.82) is 0 Å².